The monoisotopic (exact) mass is 134 g/mol. The Labute approximate surface area is 57.0 Å². The third-order valence-corrected chi connectivity index (χ3v) is 0.590. The first kappa shape index (κ1) is 11.0. The third-order valence-electron chi connectivity index (χ3n) is 0.197. The van der Waals surface area contributed by atoms with E-state index in [1.807, 2.05) is 0 Å². The molecule has 8 heavy (non-hydrogen) atoms. The second-order valence-corrected chi connectivity index (χ2v) is 1.92. The average molecular weight is 134 g/mol. The van der Waals surface area contributed by atoms with Gasteiger partial charge in [0.2, 0.25) is 0 Å². The Morgan fingerprint density at radius 2 is 1.62 bits per heavy atom. The third kappa shape index (κ3) is 4.27. The van der Waals surface area contributed by atoms with Gasteiger partial charge in [0, 0.05) is 0 Å². The van der Waals surface area contributed by atoms with E-state index in [1.54, 1.807) is 0 Å². The van der Waals surface area contributed by atoms with E-state index in [9.17, 15) is 4.39 Å². The largest absolute Gasteiger partial charge is 1.00 e. The van der Waals surface area contributed by atoms with Crippen LogP contribution in [0.4, 0.5) is 9.18 Å². The van der Waals surface area contributed by atoms with E-state index >= 15 is 0 Å². The van der Waals surface area contributed by atoms with E-state index < -0.39 is 15.5 Å². The zero-order valence-electron chi connectivity index (χ0n) is 3.92. The van der Waals surface area contributed by atoms with Crippen LogP contribution in [-0.2, 0) is 10.1 Å². The first-order chi connectivity index (χ1) is 2.94. The van der Waals surface area contributed by atoms with Crippen molar-refractivity contribution in [1.29, 1.82) is 0 Å². The van der Waals surface area contributed by atoms with Crippen LogP contribution in [0, 0.1) is 0 Å². The molecular formula is CFLiO4S. The van der Waals surface area contributed by atoms with Crippen LogP contribution in [0.1, 0.15) is 0 Å². The first-order valence-corrected chi connectivity index (χ1v) is 2.51. The van der Waals surface area contributed by atoms with E-state index in [4.69, 9.17) is 17.8 Å². The van der Waals surface area contributed by atoms with Crippen molar-refractivity contribution in [3.63, 3.8) is 0 Å². The summed E-state index contributed by atoms with van der Waals surface area (Å²) in [5, 5.41) is -2.84. The molecule has 0 aromatic carbocycles. The van der Waals surface area contributed by atoms with Crippen molar-refractivity contribution < 1.29 is 41.0 Å². The summed E-state index contributed by atoms with van der Waals surface area (Å²) in [5.74, 6) is 0. The van der Waals surface area contributed by atoms with Gasteiger partial charge in [0.1, 0.15) is 0 Å². The number of halogens is 1. The number of carbonyl (C=O) groups excluding carboxylic acids is 1. The van der Waals surface area contributed by atoms with Crippen molar-refractivity contribution in [2.24, 2.45) is 0 Å². The fourth-order valence-electron chi connectivity index (χ4n) is 0. The molecule has 4 nitrogen and oxygen atoms in total. The van der Waals surface area contributed by atoms with Gasteiger partial charge < -0.3 is 4.55 Å². The van der Waals surface area contributed by atoms with Gasteiger partial charge in [-0.05, 0) is 0 Å². The molecule has 0 saturated heterocycles. The second-order valence-electron chi connectivity index (χ2n) is 0.692. The summed E-state index contributed by atoms with van der Waals surface area (Å²) in [5.41, 5.74) is 0. The van der Waals surface area contributed by atoms with Gasteiger partial charge in [-0.15, -0.1) is 4.39 Å². The maximum absolute atomic E-state index is 10.7. The summed E-state index contributed by atoms with van der Waals surface area (Å²) >= 11 is 0. The van der Waals surface area contributed by atoms with E-state index in [0.717, 1.165) is 0 Å². The van der Waals surface area contributed by atoms with Gasteiger partial charge >= 0.3 is 24.2 Å². The van der Waals surface area contributed by atoms with Crippen molar-refractivity contribution in [3.05, 3.63) is 0 Å². The minimum atomic E-state index is -5.30. The van der Waals surface area contributed by atoms with Crippen LogP contribution >= 0.6 is 0 Å². The average Bonchev–Trinajstić information content (AvgIpc) is 1.31. The Morgan fingerprint density at radius 3 is 1.62 bits per heavy atom. The minimum absolute atomic E-state index is 0. The van der Waals surface area contributed by atoms with Crippen molar-refractivity contribution in [3.8, 4) is 0 Å². The molecule has 42 valence electrons. The van der Waals surface area contributed by atoms with Crippen molar-refractivity contribution >= 4 is 15.5 Å². The molecule has 0 heterocycles. The van der Waals surface area contributed by atoms with Crippen molar-refractivity contribution in [2.75, 3.05) is 0 Å². The maximum Gasteiger partial charge on any atom is 1.00 e. The standard InChI is InChI=1S/CHFO4S.Li/c2-1(3)7(4,5)6;/h(H,4,5,6);/q;+1/p-1. The Morgan fingerprint density at radius 1 is 1.50 bits per heavy atom. The molecule has 0 aliphatic heterocycles. The zero-order chi connectivity index (χ0) is 6.08. The Bertz CT molecular complexity index is 170. The van der Waals surface area contributed by atoms with Crippen LogP contribution in [-0.4, -0.2) is 18.3 Å². The van der Waals surface area contributed by atoms with E-state index in [0.29, 0.717) is 0 Å². The second kappa shape index (κ2) is 3.20. The predicted molar refractivity (Wildman–Crippen MR) is 16.2 cm³/mol. The molecule has 0 aliphatic carbocycles. The Kier molecular flexibility index (Phi) is 4.39. The van der Waals surface area contributed by atoms with Gasteiger partial charge in [0.25, 0.3) is 0 Å². The number of hydrogen-bond acceptors (Lipinski definition) is 4. The summed E-state index contributed by atoms with van der Waals surface area (Å²) < 4.78 is 37.8. The van der Waals surface area contributed by atoms with Crippen molar-refractivity contribution in [2.45, 2.75) is 0 Å². The smallest absolute Gasteiger partial charge is 0.740 e. The first-order valence-electron chi connectivity index (χ1n) is 1.10. The topological polar surface area (TPSA) is 74.3 Å². The molecule has 0 atom stereocenters. The van der Waals surface area contributed by atoms with Crippen LogP contribution in [0.15, 0.2) is 0 Å². The number of hydrogen-bond donors (Lipinski definition) is 0. The molecular weight excluding hydrogens is 134 g/mol. The van der Waals surface area contributed by atoms with Crippen LogP contribution < -0.4 is 18.9 Å². The Balaban J connectivity index is 0. The summed E-state index contributed by atoms with van der Waals surface area (Å²) in [6.07, 6.45) is 0. The summed E-state index contributed by atoms with van der Waals surface area (Å²) in [7, 11) is -5.30. The van der Waals surface area contributed by atoms with Crippen LogP contribution in [0.2, 0.25) is 0 Å². The number of carbonyl (C=O) groups is 1. The van der Waals surface area contributed by atoms with Gasteiger partial charge in [-0.1, -0.05) is 0 Å². The summed E-state index contributed by atoms with van der Waals surface area (Å²) in [6, 6.07) is 0. The normalized spacial score (nSPS) is 9.75. The molecule has 0 bridgehead atoms. The minimum Gasteiger partial charge on any atom is -0.740 e. The molecule has 0 radical (unpaired) electrons. The van der Waals surface area contributed by atoms with Crippen LogP contribution in [0.3, 0.4) is 0 Å². The maximum atomic E-state index is 10.7. The molecule has 0 aromatic heterocycles. The van der Waals surface area contributed by atoms with E-state index in [2.05, 4.69) is 0 Å². The summed E-state index contributed by atoms with van der Waals surface area (Å²) in [4.78, 5) is 8.90. The molecule has 0 unspecified atom stereocenters. The van der Waals surface area contributed by atoms with Gasteiger partial charge in [0.05, 0.1) is 0 Å². The fourth-order valence-corrected chi connectivity index (χ4v) is 0. The van der Waals surface area contributed by atoms with Gasteiger partial charge in [0.15, 0.2) is 10.1 Å². The van der Waals surface area contributed by atoms with E-state index in [1.165, 1.54) is 0 Å². The molecule has 0 amide bonds. The van der Waals surface area contributed by atoms with Gasteiger partial charge in [-0.2, -0.15) is 0 Å². The van der Waals surface area contributed by atoms with Gasteiger partial charge in [-0.25, -0.2) is 13.2 Å². The van der Waals surface area contributed by atoms with Crippen molar-refractivity contribution in [1.82, 2.24) is 0 Å². The fraction of sp³-hybridized carbons (Fsp3) is 0. The SMILES string of the molecule is O=C(F)S(=O)(=O)[O-].[Li+]. The molecule has 0 aliphatic rings. The molecule has 0 aromatic rings. The molecule has 0 saturated carbocycles. The quantitative estimate of drug-likeness (QED) is 0.197. The molecule has 0 spiro atoms. The van der Waals surface area contributed by atoms with Gasteiger partial charge in [-0.3, -0.25) is 0 Å². The molecule has 7 heteroatoms. The van der Waals surface area contributed by atoms with Crippen LogP contribution in [0.5, 0.6) is 0 Å². The zero-order valence-corrected chi connectivity index (χ0v) is 4.74. The van der Waals surface area contributed by atoms with E-state index in [-0.39, 0.29) is 18.9 Å². The molecule has 0 N–H and O–H groups in total. The molecule has 0 rings (SSSR count). The molecule has 0 fully saturated rings. The number of rotatable bonds is 0. The van der Waals surface area contributed by atoms with Crippen LogP contribution in [0.25, 0.3) is 0 Å². The Hall–Kier alpha value is 0.107. The predicted octanol–water partition coefficient (Wildman–Crippen LogP) is -3.37. The summed E-state index contributed by atoms with van der Waals surface area (Å²) in [6.45, 7) is 0.